The summed E-state index contributed by atoms with van der Waals surface area (Å²) in [5, 5.41) is 11.1. The second-order valence-electron chi connectivity index (χ2n) is 7.00. The Bertz CT molecular complexity index is 811. The van der Waals surface area contributed by atoms with Gasteiger partial charge < -0.3 is 9.47 Å². The lowest BCUT2D eigenvalue weighted by atomic mass is 9.99. The van der Waals surface area contributed by atoms with Gasteiger partial charge in [-0.05, 0) is 62.2 Å². The van der Waals surface area contributed by atoms with E-state index in [9.17, 15) is 10.0 Å². The number of esters is 1. The summed E-state index contributed by atoms with van der Waals surface area (Å²) >= 11 is 3.61. The summed E-state index contributed by atoms with van der Waals surface area (Å²) in [5.74, 6) is -0.426. The summed E-state index contributed by atoms with van der Waals surface area (Å²) in [6.07, 6.45) is -0.854. The van der Waals surface area contributed by atoms with Gasteiger partial charge in [0, 0.05) is 33.8 Å². The van der Waals surface area contributed by atoms with Gasteiger partial charge in [-0.15, -0.1) is 0 Å². The molecule has 1 N–H and O–H groups in total. The average molecular weight is 411 g/mol. The van der Waals surface area contributed by atoms with E-state index in [1.807, 2.05) is 52.8 Å². The Kier molecular flexibility index (Phi) is 5.74. The van der Waals surface area contributed by atoms with Crippen molar-refractivity contribution in [3.8, 4) is 0 Å². The maximum Gasteiger partial charge on any atom is 0.340 e. The standard InChI is InChI=1S/C19H25BrNO4/c1-7-24-18(22)17(25-19(4,5)6)15-11(2)10-14-13(16(15)20)9-8-12(3)21(14)23/h8-10,17,23H,7H2,1-6H3/q+1. The predicted octanol–water partition coefficient (Wildman–Crippen LogP) is 4.16. The van der Waals surface area contributed by atoms with Gasteiger partial charge in [-0.25, -0.2) is 4.79 Å². The third-order valence-electron chi connectivity index (χ3n) is 3.81. The largest absolute Gasteiger partial charge is 0.464 e. The van der Waals surface area contributed by atoms with Crippen molar-refractivity contribution >= 4 is 32.8 Å². The van der Waals surface area contributed by atoms with Crippen LogP contribution in [0, 0.1) is 13.8 Å². The molecule has 1 heterocycles. The minimum Gasteiger partial charge on any atom is -0.464 e. The van der Waals surface area contributed by atoms with Crippen LogP contribution in [0.25, 0.3) is 10.9 Å². The van der Waals surface area contributed by atoms with E-state index in [4.69, 9.17) is 9.47 Å². The Labute approximate surface area is 156 Å². The van der Waals surface area contributed by atoms with Crippen LogP contribution >= 0.6 is 15.9 Å². The Morgan fingerprint density at radius 1 is 1.32 bits per heavy atom. The van der Waals surface area contributed by atoms with E-state index in [0.29, 0.717) is 15.6 Å². The van der Waals surface area contributed by atoms with Gasteiger partial charge in [0.2, 0.25) is 5.69 Å². The van der Waals surface area contributed by atoms with Gasteiger partial charge in [0.25, 0.3) is 5.52 Å². The molecule has 0 bridgehead atoms. The maximum absolute atomic E-state index is 12.6. The lowest BCUT2D eigenvalue weighted by Gasteiger charge is -2.28. The minimum absolute atomic E-state index is 0.281. The second kappa shape index (κ2) is 7.30. The second-order valence-corrected chi connectivity index (χ2v) is 7.80. The van der Waals surface area contributed by atoms with Crippen LogP contribution in [0.5, 0.6) is 0 Å². The molecule has 1 unspecified atom stereocenters. The van der Waals surface area contributed by atoms with Crippen molar-refractivity contribution in [2.45, 2.75) is 53.2 Å². The number of carbonyl (C=O) groups is 1. The number of halogens is 1. The number of hydrogen-bond acceptors (Lipinski definition) is 4. The van der Waals surface area contributed by atoms with E-state index in [2.05, 4.69) is 15.9 Å². The lowest BCUT2D eigenvalue weighted by Crippen LogP contribution is -2.35. The Morgan fingerprint density at radius 2 is 1.96 bits per heavy atom. The number of pyridine rings is 1. The van der Waals surface area contributed by atoms with E-state index < -0.39 is 17.7 Å². The fourth-order valence-corrected chi connectivity index (χ4v) is 3.56. The van der Waals surface area contributed by atoms with E-state index in [1.54, 1.807) is 6.92 Å². The van der Waals surface area contributed by atoms with Crippen LogP contribution in [-0.2, 0) is 14.3 Å². The summed E-state index contributed by atoms with van der Waals surface area (Å²) in [4.78, 5) is 12.6. The molecule has 1 aromatic heterocycles. The van der Waals surface area contributed by atoms with Crippen molar-refractivity contribution in [1.29, 1.82) is 0 Å². The molecule has 2 aromatic rings. The first kappa shape index (κ1) is 19.7. The van der Waals surface area contributed by atoms with Gasteiger partial charge in [-0.2, -0.15) is 0 Å². The Morgan fingerprint density at radius 3 is 2.52 bits per heavy atom. The smallest absolute Gasteiger partial charge is 0.340 e. The molecule has 6 heteroatoms. The number of hydrogen-bond donors (Lipinski definition) is 1. The molecule has 0 radical (unpaired) electrons. The number of ether oxygens (including phenoxy) is 2. The molecular weight excluding hydrogens is 386 g/mol. The first-order valence-corrected chi connectivity index (χ1v) is 9.04. The maximum atomic E-state index is 12.6. The van der Waals surface area contributed by atoms with Crippen LogP contribution in [0.15, 0.2) is 22.7 Å². The molecule has 0 aliphatic heterocycles. The highest BCUT2D eigenvalue weighted by molar-refractivity contribution is 9.10. The summed E-state index contributed by atoms with van der Waals surface area (Å²) in [6.45, 7) is 11.5. The number of nitrogens with zero attached hydrogens (tertiary/aromatic N) is 1. The molecule has 2 rings (SSSR count). The monoisotopic (exact) mass is 410 g/mol. The van der Waals surface area contributed by atoms with Crippen LogP contribution in [0.4, 0.5) is 0 Å². The van der Waals surface area contributed by atoms with E-state index in [-0.39, 0.29) is 6.61 Å². The lowest BCUT2D eigenvalue weighted by molar-refractivity contribution is -0.888. The summed E-state index contributed by atoms with van der Waals surface area (Å²) in [6, 6.07) is 5.57. The van der Waals surface area contributed by atoms with Crippen LogP contribution in [0.2, 0.25) is 0 Å². The molecule has 0 spiro atoms. The molecule has 1 aromatic carbocycles. The van der Waals surface area contributed by atoms with Crippen molar-refractivity contribution in [2.24, 2.45) is 0 Å². The molecule has 0 aliphatic rings. The van der Waals surface area contributed by atoms with Gasteiger partial charge in [0.05, 0.1) is 17.6 Å². The fraction of sp³-hybridized carbons (Fsp3) is 0.474. The third-order valence-corrected chi connectivity index (χ3v) is 4.67. The number of aromatic nitrogens is 1. The summed E-state index contributed by atoms with van der Waals surface area (Å²) in [7, 11) is 0. The van der Waals surface area contributed by atoms with Crippen LogP contribution < -0.4 is 4.73 Å². The van der Waals surface area contributed by atoms with Gasteiger partial charge in [0.1, 0.15) is 0 Å². The average Bonchev–Trinajstić information content (AvgIpc) is 2.49. The predicted molar refractivity (Wildman–Crippen MR) is 98.7 cm³/mol. The van der Waals surface area contributed by atoms with E-state index >= 15 is 0 Å². The number of aryl methyl sites for hydroxylation is 2. The fourth-order valence-electron chi connectivity index (χ4n) is 2.71. The van der Waals surface area contributed by atoms with Crippen molar-refractivity contribution in [1.82, 2.24) is 0 Å². The van der Waals surface area contributed by atoms with Gasteiger partial charge in [0.15, 0.2) is 6.10 Å². The normalized spacial score (nSPS) is 13.1. The molecule has 0 saturated carbocycles. The number of rotatable bonds is 4. The van der Waals surface area contributed by atoms with Crippen LogP contribution in [0.3, 0.4) is 0 Å². The molecule has 5 nitrogen and oxygen atoms in total. The quantitative estimate of drug-likeness (QED) is 0.466. The zero-order valence-corrected chi connectivity index (χ0v) is 17.1. The highest BCUT2D eigenvalue weighted by Crippen LogP contribution is 2.37. The van der Waals surface area contributed by atoms with Crippen molar-refractivity contribution in [2.75, 3.05) is 6.61 Å². The Hall–Kier alpha value is -1.66. The van der Waals surface area contributed by atoms with Crippen molar-refractivity contribution in [3.63, 3.8) is 0 Å². The van der Waals surface area contributed by atoms with Crippen molar-refractivity contribution < 1.29 is 24.2 Å². The number of carbonyl (C=O) groups excluding carboxylic acids is 1. The van der Waals surface area contributed by atoms with Gasteiger partial charge >= 0.3 is 5.97 Å². The molecule has 0 aliphatic carbocycles. The topological polar surface area (TPSA) is 59.6 Å². The van der Waals surface area contributed by atoms with Crippen LogP contribution in [0.1, 0.15) is 50.6 Å². The SMILES string of the molecule is CCOC(=O)C(OC(C)(C)C)c1c(C)cc2c(ccc(C)[n+]2O)c1Br. The molecule has 0 fully saturated rings. The molecular formula is C19H25BrNO4+. The Balaban J connectivity index is 2.70. The van der Waals surface area contributed by atoms with E-state index in [0.717, 1.165) is 21.4 Å². The highest BCUT2D eigenvalue weighted by atomic mass is 79.9. The molecule has 136 valence electrons. The first-order chi connectivity index (χ1) is 11.6. The van der Waals surface area contributed by atoms with Crippen LogP contribution in [-0.4, -0.2) is 23.4 Å². The first-order valence-electron chi connectivity index (χ1n) is 8.25. The van der Waals surface area contributed by atoms with Gasteiger partial charge in [-0.1, -0.05) is 0 Å². The molecule has 1 atom stereocenters. The van der Waals surface area contributed by atoms with E-state index in [1.165, 1.54) is 0 Å². The zero-order chi connectivity index (χ0) is 18.9. The summed E-state index contributed by atoms with van der Waals surface area (Å²) in [5.41, 5.74) is 2.40. The number of fused-ring (bicyclic) bond motifs is 1. The molecule has 0 saturated heterocycles. The molecule has 0 amide bonds. The number of benzene rings is 1. The third kappa shape index (κ3) is 4.12. The molecule has 25 heavy (non-hydrogen) atoms. The highest BCUT2D eigenvalue weighted by Gasteiger charge is 2.33. The van der Waals surface area contributed by atoms with Crippen molar-refractivity contribution in [3.05, 3.63) is 39.5 Å². The minimum atomic E-state index is -0.854. The van der Waals surface area contributed by atoms with Gasteiger partial charge in [-0.3, -0.25) is 5.21 Å². The summed E-state index contributed by atoms with van der Waals surface area (Å²) < 4.78 is 13.1. The zero-order valence-electron chi connectivity index (χ0n) is 15.5.